The highest BCUT2D eigenvalue weighted by molar-refractivity contribution is 8.34. The van der Waals surface area contributed by atoms with Gasteiger partial charge in [0.1, 0.15) is 0 Å². The number of nitrogens with zero attached hydrogens (tertiary/aromatic N) is 2. The number of hydrogen-bond donors (Lipinski definition) is 0. The van der Waals surface area contributed by atoms with Crippen LogP contribution in [-0.4, -0.2) is 10.3 Å². The predicted octanol–water partition coefficient (Wildman–Crippen LogP) is 20.4. The van der Waals surface area contributed by atoms with E-state index < -0.39 is 15.4 Å². The number of aromatic nitrogens is 1. The minimum atomic E-state index is -1.85. The van der Waals surface area contributed by atoms with Crippen LogP contribution in [0.25, 0.3) is 49.9 Å². The van der Waals surface area contributed by atoms with E-state index in [0.717, 1.165) is 60.3 Å². The summed E-state index contributed by atoms with van der Waals surface area (Å²) in [5.41, 5.74) is 19.6. The van der Waals surface area contributed by atoms with Crippen molar-refractivity contribution in [2.75, 3.05) is 0 Å². The van der Waals surface area contributed by atoms with Crippen molar-refractivity contribution in [3.05, 3.63) is 342 Å². The molecule has 2 heterocycles. The van der Waals surface area contributed by atoms with Crippen LogP contribution in [0, 0.1) is 5.92 Å². The first kappa shape index (κ1) is 48.8. The molecule has 0 spiro atoms. The van der Waals surface area contributed by atoms with Crippen LogP contribution in [0.5, 0.6) is 0 Å². The van der Waals surface area contributed by atoms with Gasteiger partial charge < -0.3 is 4.57 Å². The number of aliphatic imine (C=N–C) groups is 1. The molecule has 1 aliphatic heterocycles. The zero-order valence-electron chi connectivity index (χ0n) is 45.2. The van der Waals surface area contributed by atoms with Crippen molar-refractivity contribution in [1.29, 1.82) is 0 Å². The Hall–Kier alpha value is -9.28. The van der Waals surface area contributed by atoms with Gasteiger partial charge in [-0.2, -0.15) is 0 Å². The maximum Gasteiger partial charge on any atom is 0.0734 e. The summed E-state index contributed by atoms with van der Waals surface area (Å²) in [7, 11) is -1.85. The van der Waals surface area contributed by atoms with E-state index in [2.05, 4.69) is 302 Å². The molecule has 11 aromatic carbocycles. The fourth-order valence-corrected chi connectivity index (χ4v) is 17.8. The molecule has 1 unspecified atom stereocenters. The summed E-state index contributed by atoms with van der Waals surface area (Å²) in [6.45, 7) is 0. The maximum atomic E-state index is 5.83. The molecule has 3 heteroatoms. The van der Waals surface area contributed by atoms with Gasteiger partial charge in [0.05, 0.1) is 22.1 Å². The third-order valence-corrected chi connectivity index (χ3v) is 21.3. The monoisotopic (exact) mass is 1060 g/mol. The maximum absolute atomic E-state index is 5.83. The lowest BCUT2D eigenvalue weighted by atomic mass is 9.67. The van der Waals surface area contributed by atoms with E-state index in [-0.39, 0.29) is 0 Å². The number of benzene rings is 11. The summed E-state index contributed by atoms with van der Waals surface area (Å²) in [5.74, 6) is 0.378. The fourth-order valence-electron chi connectivity index (χ4n) is 13.9. The van der Waals surface area contributed by atoms with E-state index in [1.54, 1.807) is 5.57 Å². The Morgan fingerprint density at radius 3 is 1.67 bits per heavy atom. The van der Waals surface area contributed by atoms with E-state index in [4.69, 9.17) is 4.99 Å². The Morgan fingerprint density at radius 2 is 0.988 bits per heavy atom. The molecule has 2 aliphatic carbocycles. The zero-order chi connectivity index (χ0) is 53.7. The van der Waals surface area contributed by atoms with Crippen LogP contribution in [0.2, 0.25) is 0 Å². The normalized spacial score (nSPS) is 18.1. The van der Waals surface area contributed by atoms with Crippen molar-refractivity contribution >= 4 is 48.8 Å². The lowest BCUT2D eigenvalue weighted by Crippen LogP contribution is -2.29. The third-order valence-electron chi connectivity index (χ3n) is 17.4. The highest BCUT2D eigenvalue weighted by atomic mass is 32.3. The largest absolute Gasteiger partial charge is 0.309 e. The van der Waals surface area contributed by atoms with Crippen molar-refractivity contribution in [2.45, 2.75) is 57.1 Å². The Labute approximate surface area is 477 Å². The van der Waals surface area contributed by atoms with Gasteiger partial charge in [0.15, 0.2) is 0 Å². The van der Waals surface area contributed by atoms with Gasteiger partial charge in [-0.1, -0.05) is 236 Å². The first-order valence-electron chi connectivity index (χ1n) is 28.7. The third kappa shape index (κ3) is 8.13. The highest BCUT2D eigenvalue weighted by Gasteiger charge is 2.48. The molecule has 1 saturated carbocycles. The van der Waals surface area contributed by atoms with E-state index in [1.165, 1.54) is 85.9 Å². The smallest absolute Gasteiger partial charge is 0.0734 e. The van der Waals surface area contributed by atoms with Crippen molar-refractivity contribution in [3.63, 3.8) is 0 Å². The van der Waals surface area contributed by atoms with E-state index >= 15 is 0 Å². The van der Waals surface area contributed by atoms with Crippen LogP contribution in [-0.2, 0) is 5.41 Å². The van der Waals surface area contributed by atoms with Crippen LogP contribution in [0.3, 0.4) is 0 Å². The summed E-state index contributed by atoms with van der Waals surface area (Å²) in [6.07, 6.45) is 7.30. The fraction of sp³-hybridized carbons (Fsp3) is 0.0897. The van der Waals surface area contributed by atoms with E-state index in [9.17, 15) is 0 Å². The molecule has 1 aromatic heterocycles. The van der Waals surface area contributed by atoms with Gasteiger partial charge in [-0.25, -0.2) is 0 Å². The van der Waals surface area contributed by atoms with Gasteiger partial charge >= 0.3 is 0 Å². The number of hydrogen-bond acceptors (Lipinski definition) is 1. The molecule has 15 rings (SSSR count). The Kier molecular flexibility index (Phi) is 12.3. The van der Waals surface area contributed by atoms with Crippen LogP contribution >= 0.6 is 10.0 Å². The lowest BCUT2D eigenvalue weighted by Gasteiger charge is -2.42. The predicted molar refractivity (Wildman–Crippen MR) is 339 cm³/mol. The molecule has 1 fully saturated rings. The molecule has 3 aliphatic rings. The molecular weight excluding hydrogens is 997 g/mol. The van der Waals surface area contributed by atoms with Crippen molar-refractivity contribution in [3.8, 4) is 16.8 Å². The SMILES string of the molecule is C1=C(c2ccccc2)\N=C(\c2cccc(-n3c4ccccc4c4ccc5c(c43)C(c3ccccc3)(c3ccccc3)c3ccccc3-5)c2)CC2C/C2=C(/c2cccc(S(c3ccccc3)(c3ccccc3)c3ccccc3)c2)CCC/1. The molecular formula is C78H60N2S. The average molecular weight is 1060 g/mol. The molecule has 0 bridgehead atoms. The molecule has 388 valence electrons. The molecule has 0 N–H and O–H groups in total. The van der Waals surface area contributed by atoms with Crippen LogP contribution < -0.4 is 0 Å². The summed E-state index contributed by atoms with van der Waals surface area (Å²) in [6, 6.07) is 109. The van der Waals surface area contributed by atoms with Crippen LogP contribution in [0.4, 0.5) is 0 Å². The Morgan fingerprint density at radius 1 is 0.432 bits per heavy atom. The number of para-hydroxylation sites is 1. The van der Waals surface area contributed by atoms with Crippen molar-refractivity contribution in [1.82, 2.24) is 4.57 Å². The quantitative estimate of drug-likeness (QED) is 0.130. The number of rotatable bonds is 10. The van der Waals surface area contributed by atoms with E-state index in [1.807, 2.05) is 0 Å². The van der Waals surface area contributed by atoms with Gasteiger partial charge in [-0.3, -0.25) is 4.99 Å². The summed E-state index contributed by atoms with van der Waals surface area (Å²) >= 11 is 0. The van der Waals surface area contributed by atoms with Gasteiger partial charge in [-0.05, 0) is 155 Å². The summed E-state index contributed by atoms with van der Waals surface area (Å²) < 4.78 is 2.58. The van der Waals surface area contributed by atoms with Gasteiger partial charge in [0.2, 0.25) is 0 Å². The molecule has 2 nitrogen and oxygen atoms in total. The van der Waals surface area contributed by atoms with Gasteiger partial charge in [0, 0.05) is 47.3 Å². The first-order chi connectivity index (χ1) is 40.2. The zero-order valence-corrected chi connectivity index (χ0v) is 46.0. The standard InChI is InChI=1S/C78H60N2S/c1-7-27-55(28-8-1)73-47-23-20-43-66(56-29-26-42-65(52-56)81(62-36-13-4-14-37-62,63-38-15-5-16-39-63)64-40-17-6-18-41-64)71-53-58(71)54-74(79-73)57-30-25-35-61(51-57)80-75-48-24-21-45-68(75)70-50-49-69-67-44-19-22-46-72(67)78(76(69)77(70)80,59-31-9-2-10-32-59)60-33-11-3-12-34-60/h1-19,21-22,24-42,44-52,58H,20,23,43,53-54H2/b71-66-,73-47-,79-74+. The first-order valence-corrected chi connectivity index (χ1v) is 30.4. The number of allylic oxidation sites excluding steroid dienone is 3. The van der Waals surface area contributed by atoms with Crippen molar-refractivity contribution in [2.24, 2.45) is 10.9 Å². The molecule has 0 amide bonds. The molecule has 0 radical (unpaired) electrons. The Balaban J connectivity index is 0.897. The minimum absolute atomic E-state index is 0.378. The van der Waals surface area contributed by atoms with Crippen LogP contribution in [0.1, 0.15) is 71.0 Å². The molecule has 12 aromatic rings. The second kappa shape index (κ2) is 20.4. The van der Waals surface area contributed by atoms with Gasteiger partial charge in [0.25, 0.3) is 0 Å². The highest BCUT2D eigenvalue weighted by Crippen LogP contribution is 2.73. The topological polar surface area (TPSA) is 17.3 Å². The second-order valence-corrected chi connectivity index (χ2v) is 25.0. The lowest BCUT2D eigenvalue weighted by molar-refractivity contribution is 0.771. The molecule has 81 heavy (non-hydrogen) atoms. The minimum Gasteiger partial charge on any atom is -0.309 e. The van der Waals surface area contributed by atoms with Crippen molar-refractivity contribution < 1.29 is 0 Å². The Bertz CT molecular complexity index is 4270. The van der Waals surface area contributed by atoms with Gasteiger partial charge in [-0.15, -0.1) is 10.0 Å². The average Bonchev–Trinajstić information content (AvgIpc) is 2.22. The second-order valence-electron chi connectivity index (χ2n) is 21.9. The summed E-state index contributed by atoms with van der Waals surface area (Å²) in [4.78, 5) is 11.2. The summed E-state index contributed by atoms with van der Waals surface area (Å²) in [5, 5.41) is 2.49. The van der Waals surface area contributed by atoms with E-state index in [0.29, 0.717) is 5.92 Å². The molecule has 0 saturated heterocycles. The molecule has 1 atom stereocenters. The number of fused-ring (bicyclic) bond motifs is 8. The van der Waals surface area contributed by atoms with Crippen LogP contribution in [0.15, 0.2) is 327 Å².